The molecular formula is C9H16NNaO3. The zero-order valence-electron chi connectivity index (χ0n) is 7.62. The molecule has 0 saturated heterocycles. The van der Waals surface area contributed by atoms with Crippen LogP contribution in [-0.4, -0.2) is 48.0 Å². The van der Waals surface area contributed by atoms with Gasteiger partial charge in [-0.25, -0.2) is 4.79 Å². The van der Waals surface area contributed by atoms with Crippen LogP contribution in [0.4, 0.5) is 0 Å². The van der Waals surface area contributed by atoms with Crippen molar-refractivity contribution in [3.05, 3.63) is 12.7 Å². The first-order chi connectivity index (χ1) is 6.20. The number of esters is 2. The van der Waals surface area contributed by atoms with Crippen LogP contribution in [-0.2, 0) is 14.3 Å². The molecule has 0 amide bonds. The van der Waals surface area contributed by atoms with Gasteiger partial charge in [-0.15, -0.1) is 0 Å². The second kappa shape index (κ2) is 10.9. The molecule has 4 nitrogen and oxygen atoms in total. The molecular weight excluding hydrogens is 193 g/mol. The quantitative estimate of drug-likeness (QED) is 0.222. The SMILES string of the molecule is C=CC(=O)OC(=O)CCCCCN.[NaH]. The number of hydrogen-bond donors (Lipinski definition) is 1. The van der Waals surface area contributed by atoms with Gasteiger partial charge < -0.3 is 10.5 Å². The van der Waals surface area contributed by atoms with Gasteiger partial charge in [0.15, 0.2) is 0 Å². The van der Waals surface area contributed by atoms with Gasteiger partial charge in [0.25, 0.3) is 0 Å². The first-order valence-corrected chi connectivity index (χ1v) is 4.28. The van der Waals surface area contributed by atoms with Crippen molar-refractivity contribution in [1.82, 2.24) is 0 Å². The molecule has 0 aromatic heterocycles. The van der Waals surface area contributed by atoms with Crippen LogP contribution in [0.3, 0.4) is 0 Å². The van der Waals surface area contributed by atoms with Crippen LogP contribution in [0.1, 0.15) is 25.7 Å². The van der Waals surface area contributed by atoms with E-state index in [0.29, 0.717) is 13.0 Å². The van der Waals surface area contributed by atoms with Crippen LogP contribution in [0.2, 0.25) is 0 Å². The Bertz CT molecular complexity index is 194. The summed E-state index contributed by atoms with van der Waals surface area (Å²) in [6.45, 7) is 3.81. The number of nitrogens with two attached hydrogens (primary N) is 1. The second-order valence-electron chi connectivity index (χ2n) is 2.60. The molecule has 0 aliphatic rings. The zero-order chi connectivity index (χ0) is 10.1. The Balaban J connectivity index is 0. The first-order valence-electron chi connectivity index (χ1n) is 4.28. The topological polar surface area (TPSA) is 69.4 Å². The van der Waals surface area contributed by atoms with Crippen LogP contribution in [0.15, 0.2) is 12.7 Å². The fraction of sp³-hybridized carbons (Fsp3) is 0.556. The average Bonchev–Trinajstić information content (AvgIpc) is 2.12. The maximum atomic E-state index is 10.9. The van der Waals surface area contributed by atoms with Crippen LogP contribution in [0.25, 0.3) is 0 Å². The van der Waals surface area contributed by atoms with Crippen LogP contribution in [0.5, 0.6) is 0 Å². The van der Waals surface area contributed by atoms with Crippen molar-refractivity contribution in [2.24, 2.45) is 5.73 Å². The van der Waals surface area contributed by atoms with E-state index in [-0.39, 0.29) is 36.0 Å². The molecule has 5 heteroatoms. The summed E-state index contributed by atoms with van der Waals surface area (Å²) in [7, 11) is 0. The van der Waals surface area contributed by atoms with Gasteiger partial charge in [0, 0.05) is 12.5 Å². The molecule has 0 aliphatic carbocycles. The molecule has 0 saturated carbocycles. The van der Waals surface area contributed by atoms with Gasteiger partial charge in [0.05, 0.1) is 0 Å². The van der Waals surface area contributed by atoms with E-state index < -0.39 is 11.9 Å². The van der Waals surface area contributed by atoms with E-state index in [1.54, 1.807) is 0 Å². The normalized spacial score (nSPS) is 8.64. The van der Waals surface area contributed by atoms with E-state index in [2.05, 4.69) is 11.3 Å². The van der Waals surface area contributed by atoms with E-state index in [4.69, 9.17) is 5.73 Å². The Hall–Kier alpha value is -0.160. The molecule has 0 radical (unpaired) electrons. The monoisotopic (exact) mass is 209 g/mol. The zero-order valence-corrected chi connectivity index (χ0v) is 7.62. The molecule has 2 N–H and O–H groups in total. The molecule has 0 heterocycles. The standard InChI is InChI=1S/C9H15NO3.Na.H/c1-2-8(11)13-9(12)6-4-3-5-7-10;;/h2H,1,3-7,10H2;;. The summed E-state index contributed by atoms with van der Waals surface area (Å²) >= 11 is 0. The third-order valence-electron chi connectivity index (χ3n) is 1.47. The Labute approximate surface area is 106 Å². The molecule has 0 atom stereocenters. The number of unbranched alkanes of at least 4 members (excludes halogenated alkanes) is 2. The van der Waals surface area contributed by atoms with Gasteiger partial charge in [0.2, 0.25) is 0 Å². The van der Waals surface area contributed by atoms with E-state index in [1.165, 1.54) is 0 Å². The molecule has 0 fully saturated rings. The summed E-state index contributed by atoms with van der Waals surface area (Å²) in [6.07, 6.45) is 3.72. The Morgan fingerprint density at radius 1 is 1.29 bits per heavy atom. The van der Waals surface area contributed by atoms with Crippen LogP contribution in [0, 0.1) is 0 Å². The third kappa shape index (κ3) is 9.92. The van der Waals surface area contributed by atoms with E-state index in [0.717, 1.165) is 18.9 Å². The number of carbonyl (C=O) groups is 2. The van der Waals surface area contributed by atoms with Gasteiger partial charge in [-0.3, -0.25) is 4.79 Å². The molecule has 0 bridgehead atoms. The molecule has 0 spiro atoms. The minimum absolute atomic E-state index is 0. The fourth-order valence-electron chi connectivity index (χ4n) is 0.795. The number of ether oxygens (including phenoxy) is 1. The van der Waals surface area contributed by atoms with Crippen molar-refractivity contribution in [3.63, 3.8) is 0 Å². The average molecular weight is 209 g/mol. The molecule has 0 aliphatic heterocycles. The van der Waals surface area contributed by atoms with Crippen molar-refractivity contribution in [2.45, 2.75) is 25.7 Å². The summed E-state index contributed by atoms with van der Waals surface area (Å²) in [5.41, 5.74) is 5.26. The van der Waals surface area contributed by atoms with Gasteiger partial charge in [0.1, 0.15) is 0 Å². The van der Waals surface area contributed by atoms with Gasteiger partial charge in [-0.2, -0.15) is 0 Å². The van der Waals surface area contributed by atoms with Gasteiger partial charge in [-0.05, 0) is 19.4 Å². The summed E-state index contributed by atoms with van der Waals surface area (Å²) in [6, 6.07) is 0. The van der Waals surface area contributed by atoms with Gasteiger partial charge in [-0.1, -0.05) is 13.0 Å². The number of hydrogen-bond acceptors (Lipinski definition) is 4. The number of carbonyl (C=O) groups excluding carboxylic acids is 2. The Morgan fingerprint density at radius 2 is 1.93 bits per heavy atom. The van der Waals surface area contributed by atoms with Crippen molar-refractivity contribution in [1.29, 1.82) is 0 Å². The van der Waals surface area contributed by atoms with Crippen LogP contribution >= 0.6 is 0 Å². The van der Waals surface area contributed by atoms with E-state index in [9.17, 15) is 9.59 Å². The molecule has 14 heavy (non-hydrogen) atoms. The van der Waals surface area contributed by atoms with Crippen molar-refractivity contribution >= 4 is 41.5 Å². The summed E-state index contributed by atoms with van der Waals surface area (Å²) in [4.78, 5) is 21.4. The predicted octanol–water partition coefficient (Wildman–Crippen LogP) is 0.113. The maximum absolute atomic E-state index is 10.9. The first kappa shape index (κ1) is 16.3. The summed E-state index contributed by atoms with van der Waals surface area (Å²) in [5, 5.41) is 0. The van der Waals surface area contributed by atoms with E-state index in [1.807, 2.05) is 0 Å². The molecule has 76 valence electrons. The molecule has 0 aromatic rings. The molecule has 0 unspecified atom stereocenters. The van der Waals surface area contributed by atoms with Crippen molar-refractivity contribution < 1.29 is 14.3 Å². The third-order valence-corrected chi connectivity index (χ3v) is 1.47. The van der Waals surface area contributed by atoms with Crippen molar-refractivity contribution in [3.8, 4) is 0 Å². The molecule has 0 rings (SSSR count). The van der Waals surface area contributed by atoms with Gasteiger partial charge >= 0.3 is 41.5 Å². The Kier molecular flexibility index (Phi) is 12.7. The fourth-order valence-corrected chi connectivity index (χ4v) is 0.795. The summed E-state index contributed by atoms with van der Waals surface area (Å²) < 4.78 is 4.35. The number of rotatable bonds is 6. The van der Waals surface area contributed by atoms with Crippen LogP contribution < -0.4 is 5.73 Å². The molecule has 0 aromatic carbocycles. The van der Waals surface area contributed by atoms with Crippen molar-refractivity contribution in [2.75, 3.05) is 6.54 Å². The second-order valence-corrected chi connectivity index (χ2v) is 2.60. The predicted molar refractivity (Wildman–Crippen MR) is 56.0 cm³/mol. The Morgan fingerprint density at radius 3 is 2.43 bits per heavy atom. The minimum atomic E-state index is -0.691. The van der Waals surface area contributed by atoms with E-state index >= 15 is 0 Å². The summed E-state index contributed by atoms with van der Waals surface area (Å²) in [5.74, 6) is -1.19.